The molecule has 3 aliphatic rings. The monoisotopic (exact) mass is 484 g/mol. The predicted molar refractivity (Wildman–Crippen MR) is 129 cm³/mol. The summed E-state index contributed by atoms with van der Waals surface area (Å²) in [6.45, 7) is 7.81. The Hall–Kier alpha value is -2.91. The maximum Gasteiger partial charge on any atom is 0.413 e. The van der Waals surface area contributed by atoms with Crippen LogP contribution in [-0.2, 0) is 9.53 Å². The van der Waals surface area contributed by atoms with Crippen molar-refractivity contribution in [1.82, 2.24) is 20.2 Å². The largest absolute Gasteiger partial charge is 0.441 e. The van der Waals surface area contributed by atoms with Gasteiger partial charge in [-0.05, 0) is 31.0 Å². The Balaban J connectivity index is 1.35. The summed E-state index contributed by atoms with van der Waals surface area (Å²) in [5.74, 6) is 1.12. The fourth-order valence-electron chi connectivity index (χ4n) is 4.95. The zero-order valence-electron chi connectivity index (χ0n) is 19.5. The molecule has 4 atom stereocenters. The lowest BCUT2D eigenvalue weighted by atomic mass is 9.96. The number of cyclic esters (lactones) is 1. The first-order chi connectivity index (χ1) is 16.3. The van der Waals surface area contributed by atoms with Crippen molar-refractivity contribution in [3.63, 3.8) is 0 Å². The van der Waals surface area contributed by atoms with Gasteiger partial charge in [-0.1, -0.05) is 37.6 Å². The summed E-state index contributed by atoms with van der Waals surface area (Å²) in [4.78, 5) is 38.5. The van der Waals surface area contributed by atoms with Crippen LogP contribution in [0.5, 0.6) is 0 Å². The molecule has 1 unspecified atom stereocenters. The molecule has 0 radical (unpaired) electrons. The van der Waals surface area contributed by atoms with Crippen LogP contribution in [0.25, 0.3) is 0 Å². The second-order valence-corrected chi connectivity index (χ2v) is 9.83. The quantitative estimate of drug-likeness (QED) is 0.648. The van der Waals surface area contributed by atoms with E-state index in [9.17, 15) is 9.59 Å². The lowest BCUT2D eigenvalue weighted by Gasteiger charge is -2.38. The number of aromatic nitrogens is 2. The van der Waals surface area contributed by atoms with Crippen LogP contribution in [0.4, 0.5) is 16.4 Å². The maximum atomic E-state index is 13.7. The Morgan fingerprint density at radius 1 is 1.24 bits per heavy atom. The van der Waals surface area contributed by atoms with Gasteiger partial charge >= 0.3 is 6.09 Å². The van der Waals surface area contributed by atoms with E-state index in [1.165, 1.54) is 6.33 Å². The summed E-state index contributed by atoms with van der Waals surface area (Å²) in [6.07, 6.45) is 1.41. The molecule has 2 aromatic rings. The molecule has 9 nitrogen and oxygen atoms in total. The highest BCUT2D eigenvalue weighted by atomic mass is 35.5. The third kappa shape index (κ3) is 4.30. The van der Waals surface area contributed by atoms with Gasteiger partial charge in [0.25, 0.3) is 0 Å². The number of rotatable bonds is 6. The summed E-state index contributed by atoms with van der Waals surface area (Å²) in [6, 6.07) is 8.16. The van der Waals surface area contributed by atoms with Crippen molar-refractivity contribution < 1.29 is 14.3 Å². The molecule has 0 spiro atoms. The molecule has 5 rings (SSSR count). The number of fused-ring (bicyclic) bond motifs is 2. The van der Waals surface area contributed by atoms with Gasteiger partial charge in [-0.3, -0.25) is 10.1 Å². The van der Waals surface area contributed by atoms with Gasteiger partial charge in [0.1, 0.15) is 24.1 Å². The van der Waals surface area contributed by atoms with E-state index in [0.717, 1.165) is 23.4 Å². The van der Waals surface area contributed by atoms with Gasteiger partial charge in [0.2, 0.25) is 5.91 Å². The van der Waals surface area contributed by atoms with Crippen molar-refractivity contribution in [2.45, 2.75) is 57.3 Å². The topological polar surface area (TPSA) is 99.7 Å². The summed E-state index contributed by atoms with van der Waals surface area (Å²) >= 11 is 6.09. The lowest BCUT2D eigenvalue weighted by Crippen LogP contribution is -2.51. The van der Waals surface area contributed by atoms with E-state index < -0.39 is 12.2 Å². The zero-order chi connectivity index (χ0) is 24.0. The third-order valence-corrected chi connectivity index (χ3v) is 6.99. The SMILES string of the molecule is CC(C)NC[C@@H](C(=O)N1CCN(c2ncnc3c2[C@H](C)OC(=O)N3)[C@@H]2CC21)c1ccc(Cl)cc1. The van der Waals surface area contributed by atoms with E-state index in [-0.39, 0.29) is 30.0 Å². The van der Waals surface area contributed by atoms with Crippen LogP contribution in [0.15, 0.2) is 30.6 Å². The first kappa shape index (κ1) is 22.9. The first-order valence-electron chi connectivity index (χ1n) is 11.7. The first-order valence-corrected chi connectivity index (χ1v) is 12.1. The van der Waals surface area contributed by atoms with Crippen LogP contribution in [0.3, 0.4) is 0 Å². The number of ether oxygens (including phenoxy) is 1. The Morgan fingerprint density at radius 2 is 2.00 bits per heavy atom. The number of benzene rings is 1. The number of anilines is 2. The maximum absolute atomic E-state index is 13.7. The Kier molecular flexibility index (Phi) is 6.07. The van der Waals surface area contributed by atoms with Gasteiger partial charge in [0, 0.05) is 30.7 Å². The minimum Gasteiger partial charge on any atom is -0.441 e. The number of halogens is 1. The van der Waals surface area contributed by atoms with Crippen LogP contribution in [0.1, 0.15) is 50.3 Å². The van der Waals surface area contributed by atoms with Crippen molar-refractivity contribution in [2.24, 2.45) is 0 Å². The molecule has 10 heteroatoms. The number of nitrogens with one attached hydrogen (secondary N) is 2. The highest BCUT2D eigenvalue weighted by molar-refractivity contribution is 6.30. The van der Waals surface area contributed by atoms with E-state index in [4.69, 9.17) is 16.3 Å². The van der Waals surface area contributed by atoms with Crippen molar-refractivity contribution in [3.05, 3.63) is 46.7 Å². The van der Waals surface area contributed by atoms with E-state index in [1.54, 1.807) is 0 Å². The molecule has 0 bridgehead atoms. The van der Waals surface area contributed by atoms with Crippen molar-refractivity contribution in [3.8, 4) is 0 Å². The molecule has 2 amide bonds. The Labute approximate surface area is 203 Å². The average molecular weight is 485 g/mol. The fraction of sp³-hybridized carbons (Fsp3) is 0.500. The molecule has 3 heterocycles. The zero-order valence-corrected chi connectivity index (χ0v) is 20.2. The van der Waals surface area contributed by atoms with Gasteiger partial charge < -0.3 is 19.9 Å². The van der Waals surface area contributed by atoms with Crippen LogP contribution < -0.4 is 15.5 Å². The molecule has 34 heavy (non-hydrogen) atoms. The lowest BCUT2D eigenvalue weighted by molar-refractivity contribution is -0.133. The van der Waals surface area contributed by atoms with Crippen LogP contribution in [-0.4, -0.2) is 64.6 Å². The molecule has 1 aromatic heterocycles. The van der Waals surface area contributed by atoms with E-state index in [1.807, 2.05) is 36.1 Å². The van der Waals surface area contributed by atoms with Gasteiger partial charge in [0.05, 0.1) is 23.6 Å². The van der Waals surface area contributed by atoms with Crippen LogP contribution in [0.2, 0.25) is 5.02 Å². The van der Waals surface area contributed by atoms with Crippen molar-refractivity contribution in [2.75, 3.05) is 29.9 Å². The van der Waals surface area contributed by atoms with Crippen molar-refractivity contribution >= 4 is 35.2 Å². The normalized spacial score (nSPS) is 24.1. The molecule has 2 aliphatic heterocycles. The highest BCUT2D eigenvalue weighted by Crippen LogP contribution is 2.44. The minimum absolute atomic E-state index is 0.134. The van der Waals surface area contributed by atoms with Gasteiger partial charge in [0.15, 0.2) is 0 Å². The molecule has 2 N–H and O–H groups in total. The predicted octanol–water partition coefficient (Wildman–Crippen LogP) is 3.32. The molecular formula is C24H29ClN6O3. The average Bonchev–Trinajstić information content (AvgIpc) is 3.60. The summed E-state index contributed by atoms with van der Waals surface area (Å²) in [7, 11) is 0. The standard InChI is InChI=1S/C24H29ClN6O3/c1-13(2)26-11-17(15-4-6-16(25)7-5-15)23(32)31-9-8-30(18-10-19(18)31)22-20-14(3)34-24(33)29-21(20)27-12-28-22/h4-7,12-14,17-19,26H,8-11H2,1-3H3,(H,27,28,29,33)/t14-,17+,18+,19?/m0/s1. The van der Waals surface area contributed by atoms with Crippen LogP contribution >= 0.6 is 11.6 Å². The molecule has 1 saturated carbocycles. The second-order valence-electron chi connectivity index (χ2n) is 9.39. The molecule has 180 valence electrons. The van der Waals surface area contributed by atoms with Gasteiger partial charge in [-0.15, -0.1) is 0 Å². The fourth-order valence-corrected chi connectivity index (χ4v) is 5.08. The molecule has 2 fully saturated rings. The molecule has 1 aromatic carbocycles. The van der Waals surface area contributed by atoms with Crippen LogP contribution in [0, 0.1) is 0 Å². The Morgan fingerprint density at radius 3 is 2.74 bits per heavy atom. The van der Waals surface area contributed by atoms with E-state index in [2.05, 4.69) is 39.3 Å². The Bertz CT molecular complexity index is 1090. The van der Waals surface area contributed by atoms with Gasteiger partial charge in [-0.25, -0.2) is 14.8 Å². The third-order valence-electron chi connectivity index (χ3n) is 6.74. The number of hydrogen-bond acceptors (Lipinski definition) is 7. The van der Waals surface area contributed by atoms with Gasteiger partial charge in [-0.2, -0.15) is 0 Å². The summed E-state index contributed by atoms with van der Waals surface area (Å²) in [5, 5.41) is 6.75. The highest BCUT2D eigenvalue weighted by Gasteiger charge is 2.52. The number of piperazine rings is 1. The molecule has 1 aliphatic carbocycles. The number of hydrogen-bond donors (Lipinski definition) is 2. The smallest absolute Gasteiger partial charge is 0.413 e. The van der Waals surface area contributed by atoms with E-state index >= 15 is 0 Å². The molecule has 1 saturated heterocycles. The second kappa shape index (κ2) is 9.03. The number of carbonyl (C=O) groups is 2. The summed E-state index contributed by atoms with van der Waals surface area (Å²) in [5.41, 5.74) is 1.75. The van der Waals surface area contributed by atoms with Crippen molar-refractivity contribution in [1.29, 1.82) is 0 Å². The number of amides is 2. The minimum atomic E-state index is -0.507. The number of nitrogens with zero attached hydrogens (tertiary/aromatic N) is 4. The number of carbonyl (C=O) groups excluding carboxylic acids is 2. The summed E-state index contributed by atoms with van der Waals surface area (Å²) < 4.78 is 5.35. The molecular weight excluding hydrogens is 456 g/mol. The van der Waals surface area contributed by atoms with E-state index in [0.29, 0.717) is 30.5 Å².